The molecule has 0 aliphatic heterocycles. The number of ether oxygens (including phenoxy) is 1. The van der Waals surface area contributed by atoms with Gasteiger partial charge in [0.15, 0.2) is 0 Å². The number of amides is 3. The van der Waals surface area contributed by atoms with Crippen molar-refractivity contribution in [3.8, 4) is 0 Å². The zero-order valence-corrected chi connectivity index (χ0v) is 19.7. The molecule has 37 heavy (non-hydrogen) atoms. The van der Waals surface area contributed by atoms with Crippen LogP contribution in [-0.4, -0.2) is 30.0 Å². The molecule has 3 aromatic rings. The lowest BCUT2D eigenvalue weighted by molar-refractivity contribution is -0.137. The molecule has 0 aliphatic carbocycles. The monoisotopic (exact) mass is 513 g/mol. The van der Waals surface area contributed by atoms with E-state index in [-0.39, 0.29) is 25.0 Å². The van der Waals surface area contributed by atoms with Gasteiger partial charge in [0.1, 0.15) is 18.7 Å². The molecule has 3 aromatic carbocycles. The fraction of sp³-hybridized carbons (Fsp3) is 0.222. The van der Waals surface area contributed by atoms with Crippen molar-refractivity contribution >= 4 is 17.9 Å². The molecule has 3 rings (SSSR count). The van der Waals surface area contributed by atoms with Crippen LogP contribution in [0.1, 0.15) is 22.3 Å². The van der Waals surface area contributed by atoms with Gasteiger partial charge in [-0.1, -0.05) is 78.9 Å². The van der Waals surface area contributed by atoms with Crippen LogP contribution in [0.25, 0.3) is 0 Å². The van der Waals surface area contributed by atoms with Crippen molar-refractivity contribution in [1.29, 1.82) is 0 Å². The molecule has 10 heteroatoms. The van der Waals surface area contributed by atoms with E-state index in [1.165, 1.54) is 12.1 Å². The number of alkyl halides is 3. The van der Waals surface area contributed by atoms with Gasteiger partial charge in [-0.3, -0.25) is 9.59 Å². The molecule has 4 N–H and O–H groups in total. The minimum atomic E-state index is -4.56. The van der Waals surface area contributed by atoms with Crippen LogP contribution < -0.4 is 16.4 Å². The number of alkyl carbamates (subject to hydrolysis) is 1. The number of halogens is 3. The van der Waals surface area contributed by atoms with E-state index >= 15 is 0 Å². The number of benzene rings is 3. The molecule has 0 heterocycles. The third-order valence-electron chi connectivity index (χ3n) is 5.46. The summed E-state index contributed by atoms with van der Waals surface area (Å²) >= 11 is 0. The molecule has 0 saturated carbocycles. The van der Waals surface area contributed by atoms with E-state index in [0.29, 0.717) is 0 Å². The standard InChI is InChI=1S/C27H26F3N3O4/c28-27(29,30)21-13-7-12-20(14-21)16-22(24(31)34)32-25(35)23(15-18-8-3-1-4-9-18)33-26(36)37-17-19-10-5-2-6-11-19/h1-14,22-23H,15-17H2,(H2,31,34)(H,32,35)(H,33,36)/t22-,23+/m0/s1. The normalized spacial score (nSPS) is 12.7. The zero-order valence-electron chi connectivity index (χ0n) is 19.7. The van der Waals surface area contributed by atoms with Gasteiger partial charge in [0.2, 0.25) is 11.8 Å². The van der Waals surface area contributed by atoms with Crippen molar-refractivity contribution in [3.05, 3.63) is 107 Å². The second kappa shape index (κ2) is 12.6. The van der Waals surface area contributed by atoms with Gasteiger partial charge >= 0.3 is 12.3 Å². The molecule has 3 amide bonds. The lowest BCUT2D eigenvalue weighted by Gasteiger charge is -2.22. The van der Waals surface area contributed by atoms with Gasteiger partial charge in [-0.05, 0) is 22.8 Å². The van der Waals surface area contributed by atoms with Gasteiger partial charge in [0.25, 0.3) is 0 Å². The summed E-state index contributed by atoms with van der Waals surface area (Å²) in [4.78, 5) is 37.6. The number of carbonyl (C=O) groups excluding carboxylic acids is 3. The smallest absolute Gasteiger partial charge is 0.416 e. The summed E-state index contributed by atoms with van der Waals surface area (Å²) < 4.78 is 44.4. The van der Waals surface area contributed by atoms with Gasteiger partial charge in [-0.25, -0.2) is 4.79 Å². The van der Waals surface area contributed by atoms with Crippen LogP contribution in [0, 0.1) is 0 Å². The van der Waals surface area contributed by atoms with Crippen LogP contribution in [0.3, 0.4) is 0 Å². The number of primary amides is 1. The Bertz CT molecular complexity index is 1200. The number of carbonyl (C=O) groups is 3. The molecule has 194 valence electrons. The van der Waals surface area contributed by atoms with Gasteiger partial charge in [-0.2, -0.15) is 13.2 Å². The zero-order chi connectivity index (χ0) is 26.8. The Balaban J connectivity index is 1.72. The fourth-order valence-corrected chi connectivity index (χ4v) is 3.57. The quantitative estimate of drug-likeness (QED) is 0.384. The van der Waals surface area contributed by atoms with Crippen molar-refractivity contribution < 1.29 is 32.3 Å². The molecule has 0 saturated heterocycles. The molecule has 0 aromatic heterocycles. The van der Waals surface area contributed by atoms with Crippen molar-refractivity contribution in [2.45, 2.75) is 37.7 Å². The summed E-state index contributed by atoms with van der Waals surface area (Å²) in [7, 11) is 0. The number of hydrogen-bond donors (Lipinski definition) is 3. The molecule has 0 radical (unpaired) electrons. The first-order chi connectivity index (χ1) is 17.6. The first kappa shape index (κ1) is 27.3. The van der Waals surface area contributed by atoms with E-state index in [1.807, 2.05) is 6.07 Å². The summed E-state index contributed by atoms with van der Waals surface area (Å²) in [5.41, 5.74) is 6.18. The van der Waals surface area contributed by atoms with E-state index in [0.717, 1.165) is 23.3 Å². The predicted molar refractivity (Wildman–Crippen MR) is 130 cm³/mol. The number of rotatable bonds is 10. The first-order valence-corrected chi connectivity index (χ1v) is 11.4. The summed E-state index contributed by atoms with van der Waals surface area (Å²) in [6.45, 7) is -0.0220. The van der Waals surface area contributed by atoms with Crippen LogP contribution in [0.15, 0.2) is 84.9 Å². The molecular formula is C27H26F3N3O4. The van der Waals surface area contributed by atoms with E-state index in [4.69, 9.17) is 10.5 Å². The average Bonchev–Trinajstić information content (AvgIpc) is 2.87. The molecule has 2 atom stereocenters. The Morgan fingerprint density at radius 2 is 1.32 bits per heavy atom. The molecule has 0 unspecified atom stereocenters. The van der Waals surface area contributed by atoms with Crippen molar-refractivity contribution in [3.63, 3.8) is 0 Å². The number of nitrogens with two attached hydrogens (primary N) is 1. The highest BCUT2D eigenvalue weighted by atomic mass is 19.4. The summed E-state index contributed by atoms with van der Waals surface area (Å²) in [6, 6.07) is 19.7. The number of hydrogen-bond acceptors (Lipinski definition) is 4. The highest BCUT2D eigenvalue weighted by Crippen LogP contribution is 2.29. The van der Waals surface area contributed by atoms with Gasteiger partial charge < -0.3 is 21.1 Å². The van der Waals surface area contributed by atoms with E-state index < -0.39 is 41.7 Å². The lowest BCUT2D eigenvalue weighted by atomic mass is 10.0. The van der Waals surface area contributed by atoms with Crippen LogP contribution >= 0.6 is 0 Å². The van der Waals surface area contributed by atoms with Crippen molar-refractivity contribution in [2.24, 2.45) is 5.73 Å². The summed E-state index contributed by atoms with van der Waals surface area (Å²) in [5.74, 6) is -1.67. The first-order valence-electron chi connectivity index (χ1n) is 11.4. The van der Waals surface area contributed by atoms with Crippen LogP contribution in [0.4, 0.5) is 18.0 Å². The molecule has 0 aliphatic rings. The highest BCUT2D eigenvalue weighted by molar-refractivity contribution is 5.91. The second-order valence-electron chi connectivity index (χ2n) is 8.31. The lowest BCUT2D eigenvalue weighted by Crippen LogP contribution is -2.54. The average molecular weight is 514 g/mol. The molecular weight excluding hydrogens is 487 g/mol. The minimum absolute atomic E-state index is 0.0220. The van der Waals surface area contributed by atoms with Crippen molar-refractivity contribution in [2.75, 3.05) is 0 Å². The Labute approximate surface area is 211 Å². The predicted octanol–water partition coefficient (Wildman–Crippen LogP) is 3.76. The van der Waals surface area contributed by atoms with Gasteiger partial charge in [-0.15, -0.1) is 0 Å². The summed E-state index contributed by atoms with van der Waals surface area (Å²) in [6.07, 6.45) is -5.61. The SMILES string of the molecule is NC(=O)[C@H](Cc1cccc(C(F)(F)F)c1)NC(=O)[C@@H](Cc1ccccc1)NC(=O)OCc1ccccc1. The maximum Gasteiger partial charge on any atom is 0.416 e. The Kier molecular flexibility index (Phi) is 9.26. The van der Waals surface area contributed by atoms with Gasteiger partial charge in [0, 0.05) is 12.8 Å². The fourth-order valence-electron chi connectivity index (χ4n) is 3.57. The topological polar surface area (TPSA) is 111 Å². The maximum absolute atomic E-state index is 13.1. The largest absolute Gasteiger partial charge is 0.445 e. The third kappa shape index (κ3) is 8.68. The summed E-state index contributed by atoms with van der Waals surface area (Å²) in [5, 5.41) is 4.96. The van der Waals surface area contributed by atoms with Crippen LogP contribution in [0.2, 0.25) is 0 Å². The number of nitrogens with one attached hydrogen (secondary N) is 2. The Hall–Kier alpha value is -4.34. The van der Waals surface area contributed by atoms with E-state index in [9.17, 15) is 27.6 Å². The van der Waals surface area contributed by atoms with E-state index in [2.05, 4.69) is 10.6 Å². The Morgan fingerprint density at radius 1 is 0.757 bits per heavy atom. The molecule has 0 bridgehead atoms. The molecule has 7 nitrogen and oxygen atoms in total. The molecule has 0 fully saturated rings. The third-order valence-corrected chi connectivity index (χ3v) is 5.46. The maximum atomic E-state index is 13.1. The van der Waals surface area contributed by atoms with E-state index in [1.54, 1.807) is 54.6 Å². The van der Waals surface area contributed by atoms with Crippen LogP contribution in [-0.2, 0) is 40.0 Å². The highest BCUT2D eigenvalue weighted by Gasteiger charge is 2.31. The second-order valence-corrected chi connectivity index (χ2v) is 8.31. The Morgan fingerprint density at radius 3 is 1.92 bits per heavy atom. The van der Waals surface area contributed by atoms with Crippen LogP contribution in [0.5, 0.6) is 0 Å². The van der Waals surface area contributed by atoms with Crippen molar-refractivity contribution in [1.82, 2.24) is 10.6 Å². The minimum Gasteiger partial charge on any atom is -0.445 e. The molecule has 0 spiro atoms. The van der Waals surface area contributed by atoms with Gasteiger partial charge in [0.05, 0.1) is 5.56 Å².